The van der Waals surface area contributed by atoms with Crippen LogP contribution in [0.4, 0.5) is 0 Å². The topological polar surface area (TPSA) is 70.4 Å². The second kappa shape index (κ2) is 6.19. The van der Waals surface area contributed by atoms with Crippen molar-refractivity contribution in [1.82, 2.24) is 20.0 Å². The molecule has 0 saturated carbocycles. The molecule has 6 heteroatoms. The molecule has 1 aromatic carbocycles. The Morgan fingerprint density at radius 1 is 1.28 bits per heavy atom. The lowest BCUT2D eigenvalue weighted by Gasteiger charge is -2.22. The normalized spacial score (nSPS) is 22.9. The highest BCUT2D eigenvalue weighted by Gasteiger charge is 2.27. The van der Waals surface area contributed by atoms with E-state index in [-0.39, 0.29) is 17.6 Å². The Balaban J connectivity index is 1.56. The lowest BCUT2D eigenvalue weighted by atomic mass is 9.95. The van der Waals surface area contributed by atoms with Gasteiger partial charge in [0, 0.05) is 25.7 Å². The van der Waals surface area contributed by atoms with Crippen LogP contribution in [0.5, 0.6) is 5.75 Å². The van der Waals surface area contributed by atoms with Gasteiger partial charge in [0.2, 0.25) is 0 Å². The molecule has 0 spiro atoms. The predicted molar refractivity (Wildman–Crippen MR) is 94.7 cm³/mol. The van der Waals surface area contributed by atoms with Crippen molar-refractivity contribution in [3.63, 3.8) is 0 Å². The van der Waals surface area contributed by atoms with E-state index in [1.54, 1.807) is 6.07 Å². The van der Waals surface area contributed by atoms with Gasteiger partial charge in [-0.25, -0.2) is 0 Å². The fourth-order valence-electron chi connectivity index (χ4n) is 3.85. The summed E-state index contributed by atoms with van der Waals surface area (Å²) in [4.78, 5) is 14.9. The van der Waals surface area contributed by atoms with Crippen LogP contribution in [-0.2, 0) is 19.5 Å². The smallest absolute Gasteiger partial charge is 0.274 e. The van der Waals surface area contributed by atoms with E-state index < -0.39 is 0 Å². The lowest BCUT2D eigenvalue weighted by Crippen LogP contribution is -2.36. The van der Waals surface area contributed by atoms with E-state index in [1.165, 1.54) is 5.56 Å². The lowest BCUT2D eigenvalue weighted by molar-refractivity contribution is 0.0747. The molecule has 4 rings (SSSR count). The molecule has 2 unspecified atom stereocenters. The first kappa shape index (κ1) is 16.1. The molecule has 132 valence electrons. The SMILES string of the molecule is CC1Cn2nc(C(=O)N3CCc4ccc(O)cc4C(C)C3)cc2CN1. The van der Waals surface area contributed by atoms with E-state index in [0.29, 0.717) is 24.8 Å². The van der Waals surface area contributed by atoms with Gasteiger partial charge < -0.3 is 15.3 Å². The molecule has 0 aliphatic carbocycles. The van der Waals surface area contributed by atoms with Crippen molar-refractivity contribution in [1.29, 1.82) is 0 Å². The van der Waals surface area contributed by atoms with E-state index in [0.717, 1.165) is 30.8 Å². The van der Waals surface area contributed by atoms with Crippen LogP contribution in [-0.4, -0.2) is 44.8 Å². The summed E-state index contributed by atoms with van der Waals surface area (Å²) in [7, 11) is 0. The number of phenols is 1. The van der Waals surface area contributed by atoms with Crippen LogP contribution >= 0.6 is 0 Å². The summed E-state index contributed by atoms with van der Waals surface area (Å²) in [5.41, 5.74) is 3.95. The quantitative estimate of drug-likeness (QED) is 0.832. The van der Waals surface area contributed by atoms with Crippen molar-refractivity contribution in [2.45, 2.75) is 45.3 Å². The fraction of sp³-hybridized carbons (Fsp3) is 0.474. The minimum absolute atomic E-state index is 0.00145. The largest absolute Gasteiger partial charge is 0.508 e. The Morgan fingerprint density at radius 3 is 2.96 bits per heavy atom. The molecule has 2 atom stereocenters. The van der Waals surface area contributed by atoms with Crippen LogP contribution in [0.2, 0.25) is 0 Å². The number of fused-ring (bicyclic) bond motifs is 2. The van der Waals surface area contributed by atoms with E-state index >= 15 is 0 Å². The monoisotopic (exact) mass is 340 g/mol. The van der Waals surface area contributed by atoms with Crippen LogP contribution in [0.3, 0.4) is 0 Å². The van der Waals surface area contributed by atoms with Gasteiger partial charge in [-0.1, -0.05) is 13.0 Å². The van der Waals surface area contributed by atoms with E-state index in [9.17, 15) is 9.90 Å². The Bertz CT molecular complexity index is 814. The maximum atomic E-state index is 13.0. The number of phenolic OH excluding ortho intramolecular Hbond substituents is 1. The number of hydrogen-bond acceptors (Lipinski definition) is 4. The molecule has 2 N–H and O–H groups in total. The standard InChI is InChI=1S/C19H24N4O2/c1-12-10-22(6-5-14-3-4-16(24)8-17(12)14)19(25)18-7-15-9-20-13(2)11-23(15)21-18/h3-4,7-8,12-13,20,24H,5-6,9-11H2,1-2H3. The van der Waals surface area contributed by atoms with Crippen molar-refractivity contribution in [2.75, 3.05) is 13.1 Å². The minimum atomic E-state index is -0.00145. The molecule has 2 aliphatic heterocycles. The van der Waals surface area contributed by atoms with E-state index in [2.05, 4.69) is 24.3 Å². The molecule has 2 aromatic rings. The second-order valence-corrected chi connectivity index (χ2v) is 7.27. The van der Waals surface area contributed by atoms with Crippen LogP contribution < -0.4 is 5.32 Å². The Morgan fingerprint density at radius 2 is 2.12 bits per heavy atom. The third-order valence-corrected chi connectivity index (χ3v) is 5.25. The second-order valence-electron chi connectivity index (χ2n) is 7.27. The molecule has 0 saturated heterocycles. The predicted octanol–water partition coefficient (Wildman–Crippen LogP) is 1.88. The number of nitrogens with one attached hydrogen (secondary N) is 1. The van der Waals surface area contributed by atoms with E-state index in [1.807, 2.05) is 27.8 Å². The molecule has 0 fully saturated rings. The van der Waals surface area contributed by atoms with Gasteiger partial charge in [0.05, 0.1) is 12.2 Å². The Labute approximate surface area is 147 Å². The number of carbonyl (C=O) groups excluding carboxylic acids is 1. The highest BCUT2D eigenvalue weighted by Crippen LogP contribution is 2.29. The van der Waals surface area contributed by atoms with Crippen LogP contribution in [0, 0.1) is 0 Å². The Hall–Kier alpha value is -2.34. The molecule has 2 aliphatic rings. The van der Waals surface area contributed by atoms with Gasteiger partial charge in [0.15, 0.2) is 5.69 Å². The van der Waals surface area contributed by atoms with Gasteiger partial charge in [0.25, 0.3) is 5.91 Å². The van der Waals surface area contributed by atoms with Crippen molar-refractivity contribution in [3.05, 3.63) is 46.8 Å². The van der Waals surface area contributed by atoms with Crippen LogP contribution in [0.1, 0.15) is 47.1 Å². The maximum absolute atomic E-state index is 13.0. The van der Waals surface area contributed by atoms with Gasteiger partial charge in [-0.05, 0) is 48.6 Å². The molecular formula is C19H24N4O2. The molecule has 1 amide bonds. The number of carbonyl (C=O) groups is 1. The average Bonchev–Trinajstić information content (AvgIpc) is 2.94. The zero-order chi connectivity index (χ0) is 17.6. The van der Waals surface area contributed by atoms with Gasteiger partial charge in [-0.15, -0.1) is 0 Å². The first-order valence-corrected chi connectivity index (χ1v) is 8.92. The Kier molecular flexibility index (Phi) is 4.00. The summed E-state index contributed by atoms with van der Waals surface area (Å²) < 4.78 is 1.95. The van der Waals surface area contributed by atoms with Crippen LogP contribution in [0.25, 0.3) is 0 Å². The number of nitrogens with zero attached hydrogens (tertiary/aromatic N) is 3. The minimum Gasteiger partial charge on any atom is -0.508 e. The summed E-state index contributed by atoms with van der Waals surface area (Å²) in [6.45, 7) is 7.10. The zero-order valence-electron chi connectivity index (χ0n) is 14.7. The maximum Gasteiger partial charge on any atom is 0.274 e. The van der Waals surface area contributed by atoms with Gasteiger partial charge in [-0.3, -0.25) is 9.48 Å². The highest BCUT2D eigenvalue weighted by atomic mass is 16.3. The van der Waals surface area contributed by atoms with Crippen molar-refractivity contribution >= 4 is 5.91 Å². The first-order chi connectivity index (χ1) is 12.0. The first-order valence-electron chi connectivity index (χ1n) is 8.92. The van der Waals surface area contributed by atoms with Crippen molar-refractivity contribution < 1.29 is 9.90 Å². The average molecular weight is 340 g/mol. The molecule has 0 bridgehead atoms. The molecule has 3 heterocycles. The van der Waals surface area contributed by atoms with Gasteiger partial charge in [-0.2, -0.15) is 5.10 Å². The molecule has 25 heavy (non-hydrogen) atoms. The van der Waals surface area contributed by atoms with E-state index in [4.69, 9.17) is 0 Å². The number of benzene rings is 1. The summed E-state index contributed by atoms with van der Waals surface area (Å²) >= 11 is 0. The summed E-state index contributed by atoms with van der Waals surface area (Å²) in [5.74, 6) is 0.472. The summed E-state index contributed by atoms with van der Waals surface area (Å²) in [5, 5.41) is 17.7. The number of hydrogen-bond donors (Lipinski definition) is 2. The molecule has 6 nitrogen and oxygen atoms in total. The molecule has 0 radical (unpaired) electrons. The number of amides is 1. The number of aromatic nitrogens is 2. The van der Waals surface area contributed by atoms with Crippen LogP contribution in [0.15, 0.2) is 24.3 Å². The molecular weight excluding hydrogens is 316 g/mol. The number of rotatable bonds is 1. The third-order valence-electron chi connectivity index (χ3n) is 5.25. The number of aromatic hydroxyl groups is 1. The fourth-order valence-corrected chi connectivity index (χ4v) is 3.85. The third kappa shape index (κ3) is 3.02. The molecule has 1 aromatic heterocycles. The zero-order valence-corrected chi connectivity index (χ0v) is 14.7. The van der Waals surface area contributed by atoms with Gasteiger partial charge in [0.1, 0.15) is 5.75 Å². The summed E-state index contributed by atoms with van der Waals surface area (Å²) in [6.07, 6.45) is 0.803. The highest BCUT2D eigenvalue weighted by molar-refractivity contribution is 5.92. The summed E-state index contributed by atoms with van der Waals surface area (Å²) in [6, 6.07) is 7.81. The van der Waals surface area contributed by atoms with Gasteiger partial charge >= 0.3 is 0 Å². The van der Waals surface area contributed by atoms with Crippen molar-refractivity contribution in [3.8, 4) is 5.75 Å². The van der Waals surface area contributed by atoms with Crippen molar-refractivity contribution in [2.24, 2.45) is 0 Å².